The third kappa shape index (κ3) is 5.40. The number of thioether (sulfide) groups is 1. The van der Waals surface area contributed by atoms with Crippen LogP contribution in [0.2, 0.25) is 0 Å². The van der Waals surface area contributed by atoms with Gasteiger partial charge in [-0.1, -0.05) is 12.1 Å². The average molecular weight is 457 g/mol. The van der Waals surface area contributed by atoms with Crippen LogP contribution < -0.4 is 10.2 Å². The number of nitro benzene ring substituents is 1. The van der Waals surface area contributed by atoms with Gasteiger partial charge in [-0.25, -0.2) is 0 Å². The minimum absolute atomic E-state index is 0.0967. The average Bonchev–Trinajstić information content (AvgIpc) is 2.82. The fourth-order valence-electron chi connectivity index (χ4n) is 4.01. The molecule has 0 spiro atoms. The van der Waals surface area contributed by atoms with Gasteiger partial charge in [-0.2, -0.15) is 11.8 Å². The van der Waals surface area contributed by atoms with E-state index < -0.39 is 4.92 Å². The molecule has 0 radical (unpaired) electrons. The van der Waals surface area contributed by atoms with Crippen LogP contribution in [0.5, 0.6) is 0 Å². The van der Waals surface area contributed by atoms with Gasteiger partial charge in [0.25, 0.3) is 11.6 Å². The predicted molar refractivity (Wildman–Crippen MR) is 128 cm³/mol. The minimum atomic E-state index is -0.470. The number of hydrogen-bond acceptors (Lipinski definition) is 7. The van der Waals surface area contributed by atoms with Crippen LogP contribution in [0, 0.1) is 17.0 Å². The maximum absolute atomic E-state index is 13.3. The molecule has 2 fully saturated rings. The molecule has 0 unspecified atom stereocenters. The van der Waals surface area contributed by atoms with Gasteiger partial charge >= 0.3 is 0 Å². The lowest BCUT2D eigenvalue weighted by atomic mass is 10.1. The van der Waals surface area contributed by atoms with Crippen LogP contribution in [0.1, 0.15) is 21.5 Å². The highest BCUT2D eigenvalue weighted by molar-refractivity contribution is 7.99. The Labute approximate surface area is 192 Å². The smallest absolute Gasteiger partial charge is 0.270 e. The van der Waals surface area contributed by atoms with Crippen molar-refractivity contribution in [1.82, 2.24) is 4.90 Å². The Morgan fingerprint density at radius 1 is 1.12 bits per heavy atom. The summed E-state index contributed by atoms with van der Waals surface area (Å²) >= 11 is 1.98. The lowest BCUT2D eigenvalue weighted by molar-refractivity contribution is -0.384. The fraction of sp³-hybridized carbons (Fsp3) is 0.435. The number of anilines is 2. The van der Waals surface area contributed by atoms with Gasteiger partial charge in [0.2, 0.25) is 0 Å². The second-order valence-electron chi connectivity index (χ2n) is 8.05. The first-order valence-electron chi connectivity index (χ1n) is 10.8. The summed E-state index contributed by atoms with van der Waals surface area (Å²) in [6.07, 6.45) is 0. The summed E-state index contributed by atoms with van der Waals surface area (Å²) in [5.41, 5.74) is 3.73. The predicted octanol–water partition coefficient (Wildman–Crippen LogP) is 3.54. The number of nitro groups is 1. The molecule has 0 bridgehead atoms. The van der Waals surface area contributed by atoms with Crippen LogP contribution in [-0.2, 0) is 11.3 Å². The van der Waals surface area contributed by atoms with Crippen LogP contribution in [-0.4, -0.2) is 66.6 Å². The van der Waals surface area contributed by atoms with E-state index in [2.05, 4.69) is 16.3 Å². The van der Waals surface area contributed by atoms with Gasteiger partial charge in [0, 0.05) is 62.0 Å². The lowest BCUT2D eigenvalue weighted by Gasteiger charge is -2.30. The SMILES string of the molecule is Cc1ccc(CN2CCSCC2)cc1NC(=O)c1cc([N+](=O)[O-])ccc1N1CCOCC1. The van der Waals surface area contributed by atoms with Crippen molar-refractivity contribution < 1.29 is 14.5 Å². The Balaban J connectivity index is 1.58. The monoisotopic (exact) mass is 456 g/mol. The van der Waals surface area contributed by atoms with E-state index in [1.54, 1.807) is 6.07 Å². The van der Waals surface area contributed by atoms with E-state index in [1.807, 2.05) is 35.7 Å². The molecule has 4 rings (SSSR count). The van der Waals surface area contributed by atoms with E-state index in [0.29, 0.717) is 37.6 Å². The normalized spacial score (nSPS) is 17.2. The molecule has 0 saturated carbocycles. The van der Waals surface area contributed by atoms with Crippen molar-refractivity contribution >= 4 is 34.7 Å². The molecule has 32 heavy (non-hydrogen) atoms. The maximum atomic E-state index is 13.3. The first kappa shape index (κ1) is 22.6. The van der Waals surface area contributed by atoms with Gasteiger partial charge in [-0.05, 0) is 30.2 Å². The largest absolute Gasteiger partial charge is 0.378 e. The summed E-state index contributed by atoms with van der Waals surface area (Å²) in [5, 5.41) is 14.4. The van der Waals surface area contributed by atoms with E-state index in [0.717, 1.165) is 48.0 Å². The molecule has 9 heteroatoms. The number of ether oxygens (including phenoxy) is 1. The van der Waals surface area contributed by atoms with Crippen LogP contribution in [0.4, 0.5) is 17.1 Å². The first-order valence-corrected chi connectivity index (χ1v) is 12.0. The number of hydrogen-bond donors (Lipinski definition) is 1. The fourth-order valence-corrected chi connectivity index (χ4v) is 4.99. The van der Waals surface area contributed by atoms with Crippen molar-refractivity contribution in [3.8, 4) is 0 Å². The molecule has 1 amide bonds. The Bertz CT molecular complexity index is 988. The molecule has 2 aliphatic rings. The lowest BCUT2D eigenvalue weighted by Crippen LogP contribution is -2.37. The van der Waals surface area contributed by atoms with Crippen LogP contribution in [0.15, 0.2) is 36.4 Å². The summed E-state index contributed by atoms with van der Waals surface area (Å²) in [6.45, 7) is 7.34. The molecule has 0 atom stereocenters. The van der Waals surface area contributed by atoms with Crippen molar-refractivity contribution in [2.45, 2.75) is 13.5 Å². The molecule has 2 aromatic carbocycles. The van der Waals surface area contributed by atoms with Gasteiger partial charge in [0.05, 0.1) is 29.4 Å². The molecule has 0 aromatic heterocycles. The molecular formula is C23H28N4O4S. The van der Waals surface area contributed by atoms with E-state index in [-0.39, 0.29) is 11.6 Å². The van der Waals surface area contributed by atoms with Crippen LogP contribution in [0.3, 0.4) is 0 Å². The number of non-ortho nitro benzene ring substituents is 1. The van der Waals surface area contributed by atoms with Crippen LogP contribution >= 0.6 is 11.8 Å². The third-order valence-electron chi connectivity index (χ3n) is 5.85. The van der Waals surface area contributed by atoms with Crippen molar-refractivity contribution in [1.29, 1.82) is 0 Å². The molecular weight excluding hydrogens is 428 g/mol. The number of morpholine rings is 1. The highest BCUT2D eigenvalue weighted by Gasteiger charge is 2.23. The molecule has 2 heterocycles. The maximum Gasteiger partial charge on any atom is 0.270 e. The number of aryl methyl sites for hydroxylation is 1. The summed E-state index contributed by atoms with van der Waals surface area (Å²) in [6, 6.07) is 10.6. The molecule has 0 aliphatic carbocycles. The highest BCUT2D eigenvalue weighted by atomic mass is 32.2. The first-order chi connectivity index (χ1) is 15.5. The topological polar surface area (TPSA) is 88.0 Å². The standard InChI is InChI=1S/C23H28N4O4S/c1-17-2-3-18(16-25-8-12-32-13-9-25)14-21(17)24-23(28)20-15-19(27(29)30)4-5-22(20)26-6-10-31-11-7-26/h2-5,14-15H,6-13,16H2,1H3,(H,24,28). The molecule has 1 N–H and O–H groups in total. The van der Waals surface area contributed by atoms with E-state index in [1.165, 1.54) is 12.1 Å². The van der Waals surface area contributed by atoms with Crippen LogP contribution in [0.25, 0.3) is 0 Å². The summed E-state index contributed by atoms with van der Waals surface area (Å²) in [7, 11) is 0. The Hall–Kier alpha value is -2.62. The van der Waals surface area contributed by atoms with Crippen molar-refractivity contribution in [3.05, 3.63) is 63.2 Å². The van der Waals surface area contributed by atoms with Gasteiger partial charge in [0.15, 0.2) is 0 Å². The van der Waals surface area contributed by atoms with Gasteiger partial charge in [0.1, 0.15) is 0 Å². The Morgan fingerprint density at radius 3 is 2.59 bits per heavy atom. The summed E-state index contributed by atoms with van der Waals surface area (Å²) < 4.78 is 5.41. The number of nitrogens with zero attached hydrogens (tertiary/aromatic N) is 3. The zero-order valence-corrected chi connectivity index (χ0v) is 19.0. The zero-order valence-electron chi connectivity index (χ0n) is 18.2. The number of rotatable bonds is 6. The molecule has 2 saturated heterocycles. The Kier molecular flexibility index (Phi) is 7.29. The number of nitrogens with one attached hydrogen (secondary N) is 1. The summed E-state index contributed by atoms with van der Waals surface area (Å²) in [4.78, 5) is 28.6. The van der Waals surface area contributed by atoms with E-state index in [4.69, 9.17) is 4.74 Å². The van der Waals surface area contributed by atoms with Crippen molar-refractivity contribution in [2.75, 3.05) is 61.1 Å². The quantitative estimate of drug-likeness (QED) is 0.525. The highest BCUT2D eigenvalue weighted by Crippen LogP contribution is 2.28. The van der Waals surface area contributed by atoms with Crippen molar-refractivity contribution in [3.63, 3.8) is 0 Å². The summed E-state index contributed by atoms with van der Waals surface area (Å²) in [5.74, 6) is 1.95. The third-order valence-corrected chi connectivity index (χ3v) is 6.79. The van der Waals surface area contributed by atoms with Crippen molar-refractivity contribution in [2.24, 2.45) is 0 Å². The number of carbonyl (C=O) groups excluding carboxylic acids is 1. The van der Waals surface area contributed by atoms with E-state index >= 15 is 0 Å². The van der Waals surface area contributed by atoms with Gasteiger partial charge < -0.3 is 15.0 Å². The molecule has 8 nitrogen and oxygen atoms in total. The van der Waals surface area contributed by atoms with Gasteiger partial charge in [-0.3, -0.25) is 19.8 Å². The number of carbonyl (C=O) groups is 1. The molecule has 2 aromatic rings. The number of amides is 1. The number of benzene rings is 2. The zero-order chi connectivity index (χ0) is 22.5. The molecule has 170 valence electrons. The van der Waals surface area contributed by atoms with E-state index in [9.17, 15) is 14.9 Å². The second kappa shape index (κ2) is 10.3. The van der Waals surface area contributed by atoms with Gasteiger partial charge in [-0.15, -0.1) is 0 Å². The molecule has 2 aliphatic heterocycles. The second-order valence-corrected chi connectivity index (χ2v) is 9.27. The Morgan fingerprint density at radius 2 is 1.88 bits per heavy atom. The minimum Gasteiger partial charge on any atom is -0.378 e.